The molecular formula is C13H19N3OS2. The maximum absolute atomic E-state index is 4.98. The lowest BCUT2D eigenvalue weighted by Gasteiger charge is -2.01. The molecule has 0 aliphatic carbocycles. The Morgan fingerprint density at radius 3 is 2.95 bits per heavy atom. The van der Waals surface area contributed by atoms with Crippen LogP contribution in [-0.4, -0.2) is 37.0 Å². The first kappa shape index (κ1) is 14.6. The Balaban J connectivity index is 1.66. The molecule has 2 aromatic rings. The standard InChI is InChI=1S/C13H19N3OS2/c1-17-8-7-14-6-2-5-12-15-16-13(19-12)10-11-4-3-9-18-11/h3-4,9,14H,2,5-8,10H2,1H3. The molecule has 0 radical (unpaired) electrons. The third-order valence-electron chi connectivity index (χ3n) is 2.64. The van der Waals surface area contributed by atoms with Crippen LogP contribution in [0.1, 0.15) is 21.3 Å². The first-order valence-electron chi connectivity index (χ1n) is 6.42. The highest BCUT2D eigenvalue weighted by atomic mass is 32.1. The number of thiophene rings is 1. The van der Waals surface area contributed by atoms with Gasteiger partial charge in [-0.25, -0.2) is 0 Å². The summed E-state index contributed by atoms with van der Waals surface area (Å²) in [5.74, 6) is 0. The van der Waals surface area contributed by atoms with Crippen molar-refractivity contribution in [2.45, 2.75) is 19.3 Å². The molecule has 0 saturated heterocycles. The van der Waals surface area contributed by atoms with E-state index in [2.05, 4.69) is 33.0 Å². The van der Waals surface area contributed by atoms with Crippen LogP contribution in [0.5, 0.6) is 0 Å². The molecule has 0 atom stereocenters. The highest BCUT2D eigenvalue weighted by Crippen LogP contribution is 2.18. The van der Waals surface area contributed by atoms with Crippen LogP contribution in [0.25, 0.3) is 0 Å². The lowest BCUT2D eigenvalue weighted by atomic mass is 10.3. The van der Waals surface area contributed by atoms with Gasteiger partial charge in [-0.3, -0.25) is 0 Å². The van der Waals surface area contributed by atoms with E-state index in [1.165, 1.54) is 4.88 Å². The summed E-state index contributed by atoms with van der Waals surface area (Å²) in [7, 11) is 1.72. The summed E-state index contributed by atoms with van der Waals surface area (Å²) in [6.45, 7) is 2.68. The van der Waals surface area contributed by atoms with Crippen molar-refractivity contribution in [1.82, 2.24) is 15.5 Å². The molecule has 2 rings (SSSR count). The first-order valence-corrected chi connectivity index (χ1v) is 8.11. The number of methoxy groups -OCH3 is 1. The number of rotatable bonds is 9. The van der Waals surface area contributed by atoms with Crippen LogP contribution >= 0.6 is 22.7 Å². The smallest absolute Gasteiger partial charge is 0.122 e. The third-order valence-corrected chi connectivity index (χ3v) is 4.50. The van der Waals surface area contributed by atoms with E-state index in [-0.39, 0.29) is 0 Å². The van der Waals surface area contributed by atoms with Crippen LogP contribution in [0, 0.1) is 0 Å². The largest absolute Gasteiger partial charge is 0.383 e. The third kappa shape index (κ3) is 5.36. The van der Waals surface area contributed by atoms with E-state index in [0.29, 0.717) is 0 Å². The van der Waals surface area contributed by atoms with Crippen LogP contribution in [0.4, 0.5) is 0 Å². The van der Waals surface area contributed by atoms with Crippen LogP contribution in [0.2, 0.25) is 0 Å². The van der Waals surface area contributed by atoms with Gasteiger partial charge >= 0.3 is 0 Å². The Kier molecular flexibility index (Phi) is 6.43. The zero-order valence-electron chi connectivity index (χ0n) is 11.1. The second-order valence-electron chi connectivity index (χ2n) is 4.19. The highest BCUT2D eigenvalue weighted by Gasteiger charge is 2.05. The molecule has 2 aromatic heterocycles. The lowest BCUT2D eigenvalue weighted by molar-refractivity contribution is 0.199. The van der Waals surface area contributed by atoms with Crippen LogP contribution in [0.15, 0.2) is 17.5 Å². The summed E-state index contributed by atoms with van der Waals surface area (Å²) in [5, 5.41) is 16.2. The fourth-order valence-corrected chi connectivity index (χ4v) is 3.40. The fourth-order valence-electron chi connectivity index (χ4n) is 1.69. The van der Waals surface area contributed by atoms with Gasteiger partial charge in [-0.05, 0) is 24.4 Å². The van der Waals surface area contributed by atoms with E-state index in [1.807, 2.05) is 0 Å². The van der Waals surface area contributed by atoms with E-state index < -0.39 is 0 Å². The Morgan fingerprint density at radius 1 is 1.26 bits per heavy atom. The van der Waals surface area contributed by atoms with Gasteiger partial charge in [0.2, 0.25) is 0 Å². The van der Waals surface area contributed by atoms with Gasteiger partial charge in [0.1, 0.15) is 10.0 Å². The predicted molar refractivity (Wildman–Crippen MR) is 80.1 cm³/mol. The molecule has 19 heavy (non-hydrogen) atoms. The van der Waals surface area contributed by atoms with Crippen molar-refractivity contribution >= 4 is 22.7 Å². The second kappa shape index (κ2) is 8.37. The lowest BCUT2D eigenvalue weighted by Crippen LogP contribution is -2.20. The van der Waals surface area contributed by atoms with Crippen LogP contribution in [-0.2, 0) is 17.6 Å². The monoisotopic (exact) mass is 297 g/mol. The summed E-state index contributed by atoms with van der Waals surface area (Å²) >= 11 is 3.50. The summed E-state index contributed by atoms with van der Waals surface area (Å²) in [6.07, 6.45) is 3.01. The molecule has 0 aliphatic rings. The number of aromatic nitrogens is 2. The molecule has 1 N–H and O–H groups in total. The minimum Gasteiger partial charge on any atom is -0.383 e. The minimum absolute atomic E-state index is 0.768. The summed E-state index contributed by atoms with van der Waals surface area (Å²) in [6, 6.07) is 4.22. The number of hydrogen-bond donors (Lipinski definition) is 1. The van der Waals surface area contributed by atoms with Crippen molar-refractivity contribution in [3.05, 3.63) is 32.4 Å². The predicted octanol–water partition coefficient (Wildman–Crippen LogP) is 2.36. The van der Waals surface area contributed by atoms with Gasteiger partial charge < -0.3 is 10.1 Å². The minimum atomic E-state index is 0.768. The molecule has 0 spiro atoms. The number of nitrogens with zero attached hydrogens (tertiary/aromatic N) is 2. The van der Waals surface area contributed by atoms with Gasteiger partial charge in [0.25, 0.3) is 0 Å². The molecule has 2 heterocycles. The van der Waals surface area contributed by atoms with Gasteiger partial charge in [0, 0.05) is 31.4 Å². The maximum Gasteiger partial charge on any atom is 0.122 e. The molecule has 0 aliphatic heterocycles. The molecular weight excluding hydrogens is 278 g/mol. The molecule has 104 valence electrons. The van der Waals surface area contributed by atoms with Gasteiger partial charge in [-0.1, -0.05) is 6.07 Å². The highest BCUT2D eigenvalue weighted by molar-refractivity contribution is 7.12. The van der Waals surface area contributed by atoms with Crippen molar-refractivity contribution in [2.24, 2.45) is 0 Å². The molecule has 0 aromatic carbocycles. The number of ether oxygens (including phenoxy) is 1. The number of hydrogen-bond acceptors (Lipinski definition) is 6. The Labute approximate surface area is 121 Å². The van der Waals surface area contributed by atoms with E-state index in [0.717, 1.165) is 49.0 Å². The van der Waals surface area contributed by atoms with E-state index in [4.69, 9.17) is 4.74 Å². The summed E-state index contributed by atoms with van der Waals surface area (Å²) < 4.78 is 4.98. The van der Waals surface area contributed by atoms with Crippen LogP contribution in [0.3, 0.4) is 0 Å². The molecule has 4 nitrogen and oxygen atoms in total. The van der Waals surface area contributed by atoms with Crippen molar-refractivity contribution in [3.8, 4) is 0 Å². The molecule has 6 heteroatoms. The Bertz CT molecular complexity index is 456. The second-order valence-corrected chi connectivity index (χ2v) is 6.37. The SMILES string of the molecule is COCCNCCCc1nnc(Cc2cccs2)s1. The van der Waals surface area contributed by atoms with Crippen molar-refractivity contribution < 1.29 is 4.74 Å². The fraction of sp³-hybridized carbons (Fsp3) is 0.538. The maximum atomic E-state index is 4.98. The van der Waals surface area contributed by atoms with E-state index >= 15 is 0 Å². The van der Waals surface area contributed by atoms with Gasteiger partial charge in [-0.15, -0.1) is 32.9 Å². The topological polar surface area (TPSA) is 47.0 Å². The van der Waals surface area contributed by atoms with E-state index in [9.17, 15) is 0 Å². The van der Waals surface area contributed by atoms with Gasteiger partial charge in [0.05, 0.1) is 6.61 Å². The Morgan fingerprint density at radius 2 is 2.16 bits per heavy atom. The first-order chi connectivity index (χ1) is 9.38. The average molecular weight is 297 g/mol. The normalized spacial score (nSPS) is 11.0. The molecule has 0 bridgehead atoms. The number of aryl methyl sites for hydroxylation is 1. The van der Waals surface area contributed by atoms with Gasteiger partial charge in [-0.2, -0.15) is 0 Å². The van der Waals surface area contributed by atoms with E-state index in [1.54, 1.807) is 29.8 Å². The zero-order valence-corrected chi connectivity index (χ0v) is 12.7. The van der Waals surface area contributed by atoms with Crippen LogP contribution < -0.4 is 5.32 Å². The zero-order chi connectivity index (χ0) is 13.3. The molecule has 0 amide bonds. The summed E-state index contributed by atoms with van der Waals surface area (Å²) in [4.78, 5) is 1.35. The van der Waals surface area contributed by atoms with Gasteiger partial charge in [0.15, 0.2) is 0 Å². The van der Waals surface area contributed by atoms with Crippen molar-refractivity contribution in [1.29, 1.82) is 0 Å². The molecule has 0 unspecified atom stereocenters. The Hall–Kier alpha value is -0.820. The average Bonchev–Trinajstić information content (AvgIpc) is 3.06. The summed E-state index contributed by atoms with van der Waals surface area (Å²) in [5.41, 5.74) is 0. The van der Waals surface area contributed by atoms with Crippen molar-refractivity contribution in [2.75, 3.05) is 26.8 Å². The molecule has 0 saturated carbocycles. The quantitative estimate of drug-likeness (QED) is 0.722. The number of nitrogens with one attached hydrogen (secondary N) is 1. The van der Waals surface area contributed by atoms with Crippen molar-refractivity contribution in [3.63, 3.8) is 0 Å². The molecule has 0 fully saturated rings.